The molecule has 0 radical (unpaired) electrons. The van der Waals surface area contributed by atoms with Crippen LogP contribution in [0.15, 0.2) is 36.7 Å². The number of benzene rings is 1. The van der Waals surface area contributed by atoms with E-state index >= 15 is 0 Å². The molecule has 2 amide bonds. The lowest BCUT2D eigenvalue weighted by Crippen LogP contribution is -2.49. The van der Waals surface area contributed by atoms with Crippen molar-refractivity contribution in [2.45, 2.75) is 13.5 Å². The highest BCUT2D eigenvalue weighted by atomic mass is 19.3. The third kappa shape index (κ3) is 5.98. The summed E-state index contributed by atoms with van der Waals surface area (Å²) >= 11 is 0. The average molecular weight is 406 g/mol. The highest BCUT2D eigenvalue weighted by Crippen LogP contribution is 2.29. The second kappa shape index (κ2) is 9.97. The monoisotopic (exact) mass is 406 g/mol. The van der Waals surface area contributed by atoms with Gasteiger partial charge < -0.3 is 20.3 Å². The maximum absolute atomic E-state index is 12.5. The Bertz CT molecular complexity index is 801. The molecule has 1 saturated heterocycles. The van der Waals surface area contributed by atoms with Crippen LogP contribution in [0.3, 0.4) is 0 Å². The fraction of sp³-hybridized carbons (Fsp3) is 0.421. The van der Waals surface area contributed by atoms with Gasteiger partial charge in [0.2, 0.25) is 5.95 Å². The maximum Gasteiger partial charge on any atom is 0.387 e. The quantitative estimate of drug-likeness (QED) is 0.735. The molecule has 1 aliphatic heterocycles. The van der Waals surface area contributed by atoms with E-state index in [0.717, 1.165) is 32.1 Å². The number of carbonyl (C=O) groups is 1. The van der Waals surface area contributed by atoms with Crippen molar-refractivity contribution in [3.05, 3.63) is 42.2 Å². The van der Waals surface area contributed by atoms with Crippen molar-refractivity contribution in [2.75, 3.05) is 49.5 Å². The summed E-state index contributed by atoms with van der Waals surface area (Å²) < 4.78 is 29.6. The molecule has 1 aromatic carbocycles. The lowest BCUT2D eigenvalue weighted by Gasteiger charge is -2.34. The van der Waals surface area contributed by atoms with Crippen LogP contribution in [0.1, 0.15) is 5.56 Å². The Hall–Kier alpha value is -3.01. The highest BCUT2D eigenvalue weighted by molar-refractivity contribution is 5.91. The Labute approximate surface area is 167 Å². The number of hydrogen-bond donors (Lipinski definition) is 2. The molecule has 0 unspecified atom stereocenters. The van der Waals surface area contributed by atoms with Crippen LogP contribution < -0.4 is 20.3 Å². The molecule has 10 heteroatoms. The summed E-state index contributed by atoms with van der Waals surface area (Å²) in [5.41, 5.74) is 0.874. The molecular weight excluding hydrogens is 382 g/mol. The van der Waals surface area contributed by atoms with Crippen LogP contribution in [-0.4, -0.2) is 66.8 Å². The normalized spacial score (nSPS) is 14.7. The smallest absolute Gasteiger partial charge is 0.387 e. The Balaban J connectivity index is 1.42. The zero-order chi connectivity index (χ0) is 20.6. The Morgan fingerprint density at radius 2 is 1.90 bits per heavy atom. The second-order valence-electron chi connectivity index (χ2n) is 6.58. The molecule has 156 valence electrons. The van der Waals surface area contributed by atoms with Crippen LogP contribution in [0.25, 0.3) is 0 Å². The van der Waals surface area contributed by atoms with Crippen molar-refractivity contribution in [3.8, 4) is 5.75 Å². The zero-order valence-corrected chi connectivity index (χ0v) is 16.1. The molecule has 2 aromatic rings. The SMILES string of the molecule is Cc1cccc(OC(F)F)c1NC(=O)NCCN1CCN(c2ncccn2)CC1. The van der Waals surface area contributed by atoms with Gasteiger partial charge in [0, 0.05) is 51.7 Å². The van der Waals surface area contributed by atoms with Gasteiger partial charge >= 0.3 is 12.6 Å². The standard InChI is InChI=1S/C19H24F2N6O2/c1-14-4-2-5-15(29-17(20)21)16(14)25-19(28)24-8-9-26-10-12-27(13-11-26)18-22-6-3-7-23-18/h2-7,17H,8-13H2,1H3,(H2,24,25,28). The minimum Gasteiger partial charge on any atom is -0.433 e. The summed E-state index contributed by atoms with van der Waals surface area (Å²) in [5.74, 6) is 0.666. The largest absolute Gasteiger partial charge is 0.433 e. The number of aromatic nitrogens is 2. The van der Waals surface area contributed by atoms with E-state index in [1.54, 1.807) is 37.5 Å². The minimum atomic E-state index is -2.96. The summed E-state index contributed by atoms with van der Waals surface area (Å²) in [6, 6.07) is 6.02. The van der Waals surface area contributed by atoms with Gasteiger partial charge in [0.1, 0.15) is 5.75 Å². The number of amides is 2. The Kier molecular flexibility index (Phi) is 7.12. The van der Waals surface area contributed by atoms with Crippen LogP contribution in [0.5, 0.6) is 5.75 Å². The number of nitrogens with zero attached hydrogens (tertiary/aromatic N) is 4. The van der Waals surface area contributed by atoms with Crippen LogP contribution in [0.4, 0.5) is 25.2 Å². The molecule has 0 spiro atoms. The van der Waals surface area contributed by atoms with E-state index in [1.807, 2.05) is 0 Å². The molecule has 3 rings (SSSR count). The molecule has 29 heavy (non-hydrogen) atoms. The zero-order valence-electron chi connectivity index (χ0n) is 16.1. The van der Waals surface area contributed by atoms with Gasteiger partial charge in [-0.3, -0.25) is 4.90 Å². The fourth-order valence-electron chi connectivity index (χ4n) is 3.11. The molecule has 2 N–H and O–H groups in total. The molecule has 0 saturated carbocycles. The first-order valence-corrected chi connectivity index (χ1v) is 9.36. The molecule has 0 atom stereocenters. The number of nitrogens with one attached hydrogen (secondary N) is 2. The molecule has 1 aliphatic rings. The predicted molar refractivity (Wildman–Crippen MR) is 106 cm³/mol. The van der Waals surface area contributed by atoms with Crippen LogP contribution in [0.2, 0.25) is 0 Å². The van der Waals surface area contributed by atoms with E-state index in [0.29, 0.717) is 18.7 Å². The molecule has 8 nitrogen and oxygen atoms in total. The predicted octanol–water partition coefficient (Wildman–Crippen LogP) is 2.33. The lowest BCUT2D eigenvalue weighted by atomic mass is 10.2. The molecule has 1 fully saturated rings. The molecule has 2 heterocycles. The van der Waals surface area contributed by atoms with E-state index in [4.69, 9.17) is 0 Å². The number of piperazine rings is 1. The Morgan fingerprint density at radius 1 is 1.17 bits per heavy atom. The van der Waals surface area contributed by atoms with Gasteiger partial charge in [-0.1, -0.05) is 12.1 Å². The summed E-state index contributed by atoms with van der Waals surface area (Å²) in [6.07, 6.45) is 3.45. The summed E-state index contributed by atoms with van der Waals surface area (Å²) in [6.45, 7) is 3.18. The van der Waals surface area contributed by atoms with E-state index in [2.05, 4.69) is 35.1 Å². The summed E-state index contributed by atoms with van der Waals surface area (Å²) in [4.78, 5) is 25.0. The summed E-state index contributed by atoms with van der Waals surface area (Å²) in [7, 11) is 0. The number of carbonyl (C=O) groups excluding carboxylic acids is 1. The number of rotatable bonds is 7. The number of aryl methyl sites for hydroxylation is 1. The number of para-hydroxylation sites is 1. The third-order valence-corrected chi connectivity index (χ3v) is 4.61. The number of hydrogen-bond acceptors (Lipinski definition) is 6. The van der Waals surface area contributed by atoms with Gasteiger partial charge in [0.25, 0.3) is 0 Å². The Morgan fingerprint density at radius 3 is 2.59 bits per heavy atom. The number of ether oxygens (including phenoxy) is 1. The van der Waals surface area contributed by atoms with E-state index < -0.39 is 12.6 Å². The molecule has 0 aliphatic carbocycles. The second-order valence-corrected chi connectivity index (χ2v) is 6.58. The first-order chi connectivity index (χ1) is 14.0. The van der Waals surface area contributed by atoms with Crippen LogP contribution >= 0.6 is 0 Å². The van der Waals surface area contributed by atoms with E-state index in [1.165, 1.54) is 6.07 Å². The number of urea groups is 1. The summed E-state index contributed by atoms with van der Waals surface area (Å²) in [5, 5.41) is 5.35. The van der Waals surface area contributed by atoms with Crippen molar-refractivity contribution in [3.63, 3.8) is 0 Å². The molecule has 0 bridgehead atoms. The number of alkyl halides is 2. The molecular formula is C19H24F2N6O2. The topological polar surface area (TPSA) is 82.6 Å². The first-order valence-electron chi connectivity index (χ1n) is 9.36. The van der Waals surface area contributed by atoms with Crippen molar-refractivity contribution in [2.24, 2.45) is 0 Å². The van der Waals surface area contributed by atoms with Crippen molar-refractivity contribution in [1.29, 1.82) is 0 Å². The van der Waals surface area contributed by atoms with E-state index in [9.17, 15) is 13.6 Å². The number of halogens is 2. The van der Waals surface area contributed by atoms with Gasteiger partial charge in [-0.15, -0.1) is 0 Å². The van der Waals surface area contributed by atoms with Crippen LogP contribution in [-0.2, 0) is 0 Å². The molecule has 1 aromatic heterocycles. The van der Waals surface area contributed by atoms with Crippen LogP contribution in [0, 0.1) is 6.92 Å². The van der Waals surface area contributed by atoms with Gasteiger partial charge in [0.05, 0.1) is 5.69 Å². The van der Waals surface area contributed by atoms with Gasteiger partial charge in [0.15, 0.2) is 0 Å². The maximum atomic E-state index is 12.5. The van der Waals surface area contributed by atoms with Crippen molar-refractivity contribution < 1.29 is 18.3 Å². The minimum absolute atomic E-state index is 0.0607. The van der Waals surface area contributed by atoms with Gasteiger partial charge in [-0.25, -0.2) is 14.8 Å². The highest BCUT2D eigenvalue weighted by Gasteiger charge is 2.19. The van der Waals surface area contributed by atoms with Gasteiger partial charge in [-0.2, -0.15) is 8.78 Å². The van der Waals surface area contributed by atoms with Crippen molar-refractivity contribution >= 4 is 17.7 Å². The lowest BCUT2D eigenvalue weighted by molar-refractivity contribution is -0.0493. The fourth-order valence-corrected chi connectivity index (χ4v) is 3.11. The van der Waals surface area contributed by atoms with Gasteiger partial charge in [-0.05, 0) is 24.6 Å². The first kappa shape index (κ1) is 20.7. The average Bonchev–Trinajstić information content (AvgIpc) is 2.71. The van der Waals surface area contributed by atoms with E-state index in [-0.39, 0.29) is 11.4 Å². The van der Waals surface area contributed by atoms with Crippen molar-refractivity contribution in [1.82, 2.24) is 20.2 Å². The number of anilines is 2. The third-order valence-electron chi connectivity index (χ3n) is 4.61.